The molecule has 2 aromatic heterocycles. The third-order valence-corrected chi connectivity index (χ3v) is 5.27. The van der Waals surface area contributed by atoms with E-state index in [0.717, 1.165) is 16.1 Å². The van der Waals surface area contributed by atoms with E-state index in [1.165, 1.54) is 23.0 Å². The summed E-state index contributed by atoms with van der Waals surface area (Å²) in [7, 11) is 1.53. The molecule has 0 saturated heterocycles. The molecule has 6 nitrogen and oxygen atoms in total. The predicted molar refractivity (Wildman–Crippen MR) is 102 cm³/mol. The van der Waals surface area contributed by atoms with Crippen LogP contribution in [0.2, 0.25) is 0 Å². The maximum Gasteiger partial charge on any atom is 0.263 e. The van der Waals surface area contributed by atoms with Gasteiger partial charge in [-0.05, 0) is 36.8 Å². The van der Waals surface area contributed by atoms with Gasteiger partial charge in [-0.2, -0.15) is 0 Å². The van der Waals surface area contributed by atoms with E-state index < -0.39 is 0 Å². The molecule has 25 heavy (non-hydrogen) atoms. The number of nitrogens with one attached hydrogen (secondary N) is 2. The number of thiophene rings is 1. The average molecular weight is 375 g/mol. The Kier molecular flexibility index (Phi) is 5.00. The lowest BCUT2D eigenvalue weighted by Crippen LogP contribution is -2.28. The van der Waals surface area contributed by atoms with E-state index in [9.17, 15) is 9.59 Å². The molecule has 0 atom stereocenters. The van der Waals surface area contributed by atoms with Crippen LogP contribution in [0.3, 0.4) is 0 Å². The summed E-state index contributed by atoms with van der Waals surface area (Å²) in [5.41, 5.74) is 0.285. The van der Waals surface area contributed by atoms with E-state index >= 15 is 0 Å². The lowest BCUT2D eigenvalue weighted by atomic mass is 10.3. The molecule has 2 N–H and O–H groups in total. The Hall–Kier alpha value is -2.45. The van der Waals surface area contributed by atoms with Crippen molar-refractivity contribution in [3.8, 4) is 5.75 Å². The van der Waals surface area contributed by atoms with Crippen molar-refractivity contribution in [2.24, 2.45) is 0 Å². The number of nitrogens with zero attached hydrogens (tertiary/aromatic N) is 1. The number of amides is 1. The molecule has 0 aliphatic carbocycles. The standard InChI is InChI=1S/C17H17N3O3S2/c1-3-10-8-11-15(25-10)19-17(24)20(16(11)22)9-14(21)18-12-6-4-5-7-13(12)23-2/h4-8H,3,9H2,1-2H3,(H,18,21)(H,19,24). The lowest BCUT2D eigenvalue weighted by molar-refractivity contribution is -0.116. The number of fused-ring (bicyclic) bond motifs is 1. The quantitative estimate of drug-likeness (QED) is 0.671. The third kappa shape index (κ3) is 3.49. The second-order valence-corrected chi connectivity index (χ2v) is 6.90. The van der Waals surface area contributed by atoms with Crippen molar-refractivity contribution < 1.29 is 9.53 Å². The highest BCUT2D eigenvalue weighted by Gasteiger charge is 2.13. The highest BCUT2D eigenvalue weighted by molar-refractivity contribution is 7.71. The molecule has 3 rings (SSSR count). The first-order valence-electron chi connectivity index (χ1n) is 7.72. The van der Waals surface area contributed by atoms with Crippen LogP contribution < -0.4 is 15.6 Å². The van der Waals surface area contributed by atoms with Gasteiger partial charge < -0.3 is 15.0 Å². The Bertz CT molecular complexity index is 1050. The van der Waals surface area contributed by atoms with Crippen LogP contribution in [0, 0.1) is 4.77 Å². The van der Waals surface area contributed by atoms with Crippen LogP contribution in [0.15, 0.2) is 35.1 Å². The average Bonchev–Trinajstić information content (AvgIpc) is 3.02. The number of H-pyrrole nitrogens is 1. The van der Waals surface area contributed by atoms with Gasteiger partial charge in [0.1, 0.15) is 17.1 Å². The summed E-state index contributed by atoms with van der Waals surface area (Å²) in [6.45, 7) is 1.86. The second kappa shape index (κ2) is 7.20. The molecule has 0 radical (unpaired) electrons. The van der Waals surface area contributed by atoms with Gasteiger partial charge in [0, 0.05) is 4.88 Å². The number of aryl methyl sites for hydroxylation is 1. The van der Waals surface area contributed by atoms with E-state index in [4.69, 9.17) is 17.0 Å². The Morgan fingerprint density at radius 2 is 2.16 bits per heavy atom. The number of carbonyl (C=O) groups is 1. The van der Waals surface area contributed by atoms with Crippen LogP contribution in [0.25, 0.3) is 10.2 Å². The number of rotatable bonds is 5. The molecule has 0 saturated carbocycles. The van der Waals surface area contributed by atoms with Gasteiger partial charge in [0.15, 0.2) is 4.77 Å². The summed E-state index contributed by atoms with van der Waals surface area (Å²) in [6.07, 6.45) is 0.841. The Morgan fingerprint density at radius 1 is 1.40 bits per heavy atom. The molecule has 0 unspecified atom stereocenters. The number of anilines is 1. The molecule has 2 heterocycles. The molecular formula is C17H17N3O3S2. The molecule has 0 aliphatic rings. The first kappa shape index (κ1) is 17.4. The van der Waals surface area contributed by atoms with Crippen molar-refractivity contribution in [2.45, 2.75) is 19.9 Å². The maximum atomic E-state index is 12.7. The van der Waals surface area contributed by atoms with Crippen LogP contribution in [-0.4, -0.2) is 22.6 Å². The molecule has 8 heteroatoms. The summed E-state index contributed by atoms with van der Waals surface area (Å²) in [5.74, 6) is 0.200. The minimum atomic E-state index is -0.351. The van der Waals surface area contributed by atoms with E-state index in [2.05, 4.69) is 10.3 Å². The first-order chi connectivity index (χ1) is 12.0. The number of hydrogen-bond donors (Lipinski definition) is 2. The molecule has 0 bridgehead atoms. The largest absolute Gasteiger partial charge is 0.495 e. The van der Waals surface area contributed by atoms with Gasteiger partial charge in [-0.25, -0.2) is 0 Å². The Morgan fingerprint density at radius 3 is 2.88 bits per heavy atom. The monoisotopic (exact) mass is 375 g/mol. The fourth-order valence-electron chi connectivity index (χ4n) is 2.50. The number of ether oxygens (including phenoxy) is 1. The molecule has 0 fully saturated rings. The zero-order valence-electron chi connectivity index (χ0n) is 13.8. The van der Waals surface area contributed by atoms with Crippen molar-refractivity contribution in [2.75, 3.05) is 12.4 Å². The highest BCUT2D eigenvalue weighted by Crippen LogP contribution is 2.23. The number of para-hydroxylation sites is 2. The SMILES string of the molecule is CCc1cc2c(=O)n(CC(=O)Nc3ccccc3OC)c(=S)[nH]c2s1. The second-order valence-electron chi connectivity index (χ2n) is 5.38. The minimum Gasteiger partial charge on any atom is -0.495 e. The summed E-state index contributed by atoms with van der Waals surface area (Å²) >= 11 is 6.76. The third-order valence-electron chi connectivity index (χ3n) is 3.76. The fourth-order valence-corrected chi connectivity index (χ4v) is 3.80. The number of carbonyl (C=O) groups excluding carboxylic acids is 1. The van der Waals surface area contributed by atoms with E-state index in [-0.39, 0.29) is 22.8 Å². The van der Waals surface area contributed by atoms with E-state index in [1.54, 1.807) is 18.2 Å². The number of benzene rings is 1. The molecule has 0 spiro atoms. The molecular weight excluding hydrogens is 358 g/mol. The van der Waals surface area contributed by atoms with Crippen LogP contribution in [0.5, 0.6) is 5.75 Å². The normalized spacial score (nSPS) is 10.8. The highest BCUT2D eigenvalue weighted by atomic mass is 32.1. The van der Waals surface area contributed by atoms with E-state index in [1.807, 2.05) is 19.1 Å². The van der Waals surface area contributed by atoms with Crippen LogP contribution in [0.4, 0.5) is 5.69 Å². The summed E-state index contributed by atoms with van der Waals surface area (Å²) < 4.78 is 6.71. The fraction of sp³-hybridized carbons (Fsp3) is 0.235. The van der Waals surface area contributed by atoms with Crippen molar-refractivity contribution in [3.05, 3.63) is 50.3 Å². The summed E-state index contributed by atoms with van der Waals surface area (Å²) in [5, 5.41) is 3.30. The van der Waals surface area contributed by atoms with Gasteiger partial charge in [-0.15, -0.1) is 11.3 Å². The zero-order chi connectivity index (χ0) is 18.0. The minimum absolute atomic E-state index is 0.167. The van der Waals surface area contributed by atoms with Crippen molar-refractivity contribution in [1.29, 1.82) is 0 Å². The van der Waals surface area contributed by atoms with E-state index in [0.29, 0.717) is 16.8 Å². The van der Waals surface area contributed by atoms with Gasteiger partial charge in [0.05, 0.1) is 18.2 Å². The zero-order valence-corrected chi connectivity index (χ0v) is 15.4. The van der Waals surface area contributed by atoms with Crippen molar-refractivity contribution >= 4 is 45.4 Å². The van der Waals surface area contributed by atoms with Crippen LogP contribution >= 0.6 is 23.6 Å². The topological polar surface area (TPSA) is 76.1 Å². The molecule has 1 aromatic carbocycles. The molecule has 0 aliphatic heterocycles. The molecule has 1 amide bonds. The number of aromatic amines is 1. The van der Waals surface area contributed by atoms with Gasteiger partial charge in [0.25, 0.3) is 5.56 Å². The van der Waals surface area contributed by atoms with Crippen molar-refractivity contribution in [3.63, 3.8) is 0 Å². The smallest absolute Gasteiger partial charge is 0.263 e. The molecule has 3 aromatic rings. The Balaban J connectivity index is 1.91. The maximum absolute atomic E-state index is 12.7. The van der Waals surface area contributed by atoms with Crippen molar-refractivity contribution in [1.82, 2.24) is 9.55 Å². The van der Waals surface area contributed by atoms with Gasteiger partial charge >= 0.3 is 0 Å². The van der Waals surface area contributed by atoms with Gasteiger partial charge in [-0.3, -0.25) is 14.2 Å². The molecule has 130 valence electrons. The summed E-state index contributed by atoms with van der Waals surface area (Å²) in [6, 6.07) is 8.93. The van der Waals surface area contributed by atoms with Crippen LogP contribution in [0.1, 0.15) is 11.8 Å². The van der Waals surface area contributed by atoms with Crippen LogP contribution in [-0.2, 0) is 17.8 Å². The predicted octanol–water partition coefficient (Wildman–Crippen LogP) is 3.33. The Labute approximate surface area is 153 Å². The first-order valence-corrected chi connectivity index (χ1v) is 8.94. The number of aromatic nitrogens is 2. The van der Waals surface area contributed by atoms with Gasteiger partial charge in [0.2, 0.25) is 5.91 Å². The number of methoxy groups -OCH3 is 1. The lowest BCUT2D eigenvalue weighted by Gasteiger charge is -2.11. The summed E-state index contributed by atoms with van der Waals surface area (Å²) in [4.78, 5) is 29.9. The number of hydrogen-bond acceptors (Lipinski definition) is 5. The van der Waals surface area contributed by atoms with Gasteiger partial charge in [-0.1, -0.05) is 19.1 Å².